The van der Waals surface area contributed by atoms with Gasteiger partial charge in [-0.2, -0.15) is 0 Å². The number of carbonyl (C=O) groups is 1. The van der Waals surface area contributed by atoms with Crippen LogP contribution in [0.3, 0.4) is 0 Å². The number of nitrogen functional groups attached to an aromatic ring is 1. The number of rotatable bonds is 3. The van der Waals surface area contributed by atoms with Gasteiger partial charge < -0.3 is 16.0 Å². The first-order valence-electron chi connectivity index (χ1n) is 6.42. The number of aryl methyl sites for hydroxylation is 1. The molecule has 104 valence electrons. The largest absolute Gasteiger partial charge is 0.397 e. The van der Waals surface area contributed by atoms with Crippen molar-refractivity contribution < 1.29 is 4.79 Å². The lowest BCUT2D eigenvalue weighted by atomic mass is 10.1. The molecule has 3 N–H and O–H groups in total. The van der Waals surface area contributed by atoms with Crippen LogP contribution in [0, 0.1) is 6.92 Å². The summed E-state index contributed by atoms with van der Waals surface area (Å²) in [4.78, 5) is 13.5. The molecule has 1 amide bonds. The van der Waals surface area contributed by atoms with Crippen molar-refractivity contribution in [2.45, 2.75) is 6.92 Å². The van der Waals surface area contributed by atoms with Crippen molar-refractivity contribution in [2.75, 3.05) is 25.1 Å². The zero-order valence-corrected chi connectivity index (χ0v) is 12.0. The van der Waals surface area contributed by atoms with E-state index < -0.39 is 0 Å². The number of benzene rings is 2. The molecule has 0 radical (unpaired) electrons. The van der Waals surface area contributed by atoms with Gasteiger partial charge in [-0.1, -0.05) is 12.1 Å². The Kier molecular flexibility index (Phi) is 3.94. The molecule has 0 unspecified atom stereocenters. The summed E-state index contributed by atoms with van der Waals surface area (Å²) in [6.07, 6.45) is 0. The summed E-state index contributed by atoms with van der Waals surface area (Å²) >= 11 is 0. The minimum atomic E-state index is -0.0442. The highest BCUT2D eigenvalue weighted by atomic mass is 16.2. The maximum atomic E-state index is 12.0. The maximum Gasteiger partial charge on any atom is 0.253 e. The van der Waals surface area contributed by atoms with Crippen LogP contribution in [0.25, 0.3) is 0 Å². The van der Waals surface area contributed by atoms with Gasteiger partial charge in [0, 0.05) is 25.3 Å². The molecular formula is C16H19N3O. The number of nitrogens with one attached hydrogen (secondary N) is 1. The Bertz CT molecular complexity index is 635. The number of amides is 1. The van der Waals surface area contributed by atoms with Crippen molar-refractivity contribution in [3.8, 4) is 0 Å². The van der Waals surface area contributed by atoms with Crippen LogP contribution in [0.15, 0.2) is 42.5 Å². The summed E-state index contributed by atoms with van der Waals surface area (Å²) in [6, 6.07) is 13.3. The molecule has 0 atom stereocenters. The molecule has 2 aromatic rings. The van der Waals surface area contributed by atoms with Gasteiger partial charge >= 0.3 is 0 Å². The highest BCUT2D eigenvalue weighted by Crippen LogP contribution is 2.25. The van der Waals surface area contributed by atoms with Crippen LogP contribution in [0.4, 0.5) is 17.1 Å². The molecular weight excluding hydrogens is 250 g/mol. The molecule has 0 spiro atoms. The lowest BCUT2D eigenvalue weighted by Gasteiger charge is -2.14. The maximum absolute atomic E-state index is 12.0. The van der Waals surface area contributed by atoms with Gasteiger partial charge in [0.2, 0.25) is 0 Å². The van der Waals surface area contributed by atoms with Crippen molar-refractivity contribution in [1.29, 1.82) is 0 Å². The Labute approximate surface area is 119 Å². The van der Waals surface area contributed by atoms with Crippen LogP contribution in [-0.4, -0.2) is 24.9 Å². The van der Waals surface area contributed by atoms with E-state index in [0.717, 1.165) is 16.9 Å². The molecule has 0 bridgehead atoms. The summed E-state index contributed by atoms with van der Waals surface area (Å²) in [5.74, 6) is -0.0442. The smallest absolute Gasteiger partial charge is 0.253 e. The number of carbonyl (C=O) groups excluding carboxylic acids is 1. The molecule has 4 nitrogen and oxygen atoms in total. The number of nitrogens with two attached hydrogens (primary N) is 1. The van der Waals surface area contributed by atoms with Gasteiger partial charge in [0.1, 0.15) is 0 Å². The first-order valence-corrected chi connectivity index (χ1v) is 6.42. The van der Waals surface area contributed by atoms with Gasteiger partial charge in [-0.15, -0.1) is 0 Å². The summed E-state index contributed by atoms with van der Waals surface area (Å²) in [6.45, 7) is 2.03. The summed E-state index contributed by atoms with van der Waals surface area (Å²) < 4.78 is 0. The molecule has 0 saturated carbocycles. The third kappa shape index (κ3) is 3.09. The van der Waals surface area contributed by atoms with Crippen LogP contribution in [0.5, 0.6) is 0 Å². The topological polar surface area (TPSA) is 58.4 Å². The van der Waals surface area contributed by atoms with Gasteiger partial charge in [0.05, 0.1) is 11.4 Å². The Balaban J connectivity index is 2.32. The van der Waals surface area contributed by atoms with Gasteiger partial charge in [0.25, 0.3) is 5.91 Å². The average molecular weight is 269 g/mol. The molecule has 2 aromatic carbocycles. The molecule has 0 aliphatic heterocycles. The standard InChI is InChI=1S/C16H19N3O/c1-11-5-4-6-13(9-11)18-15-10-12(7-8-14(15)17)16(20)19(2)3/h4-10,18H,17H2,1-3H3. The van der Waals surface area contributed by atoms with Crippen LogP contribution < -0.4 is 11.1 Å². The molecule has 0 heterocycles. The van der Waals surface area contributed by atoms with Crippen LogP contribution >= 0.6 is 0 Å². The first-order chi connectivity index (χ1) is 9.47. The highest BCUT2D eigenvalue weighted by Gasteiger charge is 2.10. The quantitative estimate of drug-likeness (QED) is 0.842. The Morgan fingerprint density at radius 3 is 2.55 bits per heavy atom. The van der Waals surface area contributed by atoms with Crippen molar-refractivity contribution >= 4 is 23.0 Å². The van der Waals surface area contributed by atoms with Gasteiger partial charge in [0.15, 0.2) is 0 Å². The van der Waals surface area contributed by atoms with E-state index in [2.05, 4.69) is 5.32 Å². The van der Waals surface area contributed by atoms with Crippen molar-refractivity contribution in [3.63, 3.8) is 0 Å². The molecule has 0 fully saturated rings. The SMILES string of the molecule is Cc1cccc(Nc2cc(C(=O)N(C)C)ccc2N)c1. The van der Waals surface area contributed by atoms with Crippen molar-refractivity contribution in [1.82, 2.24) is 4.90 Å². The van der Waals surface area contributed by atoms with Gasteiger partial charge in [-0.25, -0.2) is 0 Å². The van der Waals surface area contributed by atoms with Gasteiger partial charge in [-0.3, -0.25) is 4.79 Å². The lowest BCUT2D eigenvalue weighted by Crippen LogP contribution is -2.21. The van der Waals surface area contributed by atoms with E-state index in [4.69, 9.17) is 5.73 Å². The summed E-state index contributed by atoms with van der Waals surface area (Å²) in [7, 11) is 3.46. The third-order valence-corrected chi connectivity index (χ3v) is 3.00. The zero-order valence-electron chi connectivity index (χ0n) is 12.0. The lowest BCUT2D eigenvalue weighted by molar-refractivity contribution is 0.0827. The summed E-state index contributed by atoms with van der Waals surface area (Å²) in [5, 5.41) is 3.25. The summed E-state index contributed by atoms with van der Waals surface area (Å²) in [5.41, 5.74) is 10.0. The third-order valence-electron chi connectivity index (χ3n) is 3.00. The molecule has 0 aliphatic carbocycles. The van der Waals surface area contributed by atoms with E-state index in [9.17, 15) is 4.79 Å². The van der Waals surface area contributed by atoms with Gasteiger partial charge in [-0.05, 0) is 42.8 Å². The van der Waals surface area contributed by atoms with Crippen LogP contribution in [0.2, 0.25) is 0 Å². The second kappa shape index (κ2) is 5.65. The Morgan fingerprint density at radius 2 is 1.90 bits per heavy atom. The number of hydrogen-bond donors (Lipinski definition) is 2. The Hall–Kier alpha value is -2.49. The minimum absolute atomic E-state index is 0.0442. The minimum Gasteiger partial charge on any atom is -0.397 e. The molecule has 0 saturated heterocycles. The molecule has 2 rings (SSSR count). The average Bonchev–Trinajstić information content (AvgIpc) is 2.40. The van der Waals surface area contributed by atoms with Crippen molar-refractivity contribution in [3.05, 3.63) is 53.6 Å². The normalized spacial score (nSPS) is 10.2. The van der Waals surface area contributed by atoms with Crippen molar-refractivity contribution in [2.24, 2.45) is 0 Å². The fourth-order valence-electron chi connectivity index (χ4n) is 1.93. The molecule has 20 heavy (non-hydrogen) atoms. The fraction of sp³-hybridized carbons (Fsp3) is 0.188. The van der Waals surface area contributed by atoms with Crippen LogP contribution in [0.1, 0.15) is 15.9 Å². The van der Waals surface area contributed by atoms with E-state index in [1.165, 1.54) is 0 Å². The number of nitrogens with zero attached hydrogens (tertiary/aromatic N) is 1. The molecule has 4 heteroatoms. The fourth-order valence-corrected chi connectivity index (χ4v) is 1.93. The highest BCUT2D eigenvalue weighted by molar-refractivity contribution is 5.96. The zero-order chi connectivity index (χ0) is 14.7. The Morgan fingerprint density at radius 1 is 1.15 bits per heavy atom. The monoisotopic (exact) mass is 269 g/mol. The van der Waals surface area contributed by atoms with E-state index in [1.807, 2.05) is 31.2 Å². The number of hydrogen-bond acceptors (Lipinski definition) is 3. The van der Waals surface area contributed by atoms with E-state index in [0.29, 0.717) is 11.3 Å². The second-order valence-corrected chi connectivity index (χ2v) is 5.00. The predicted octanol–water partition coefficient (Wildman–Crippen LogP) is 3.02. The van der Waals surface area contributed by atoms with E-state index in [1.54, 1.807) is 37.2 Å². The first kappa shape index (κ1) is 13.9. The van der Waals surface area contributed by atoms with Crippen LogP contribution in [-0.2, 0) is 0 Å². The number of anilines is 3. The predicted molar refractivity (Wildman–Crippen MR) is 83.3 cm³/mol. The van der Waals surface area contributed by atoms with E-state index in [-0.39, 0.29) is 5.91 Å². The second-order valence-electron chi connectivity index (χ2n) is 5.00. The molecule has 0 aliphatic rings. The van der Waals surface area contributed by atoms with E-state index >= 15 is 0 Å². The molecule has 0 aromatic heterocycles.